The Labute approximate surface area is 120 Å². The molecule has 1 nitrogen and oxygen atoms in total. The first kappa shape index (κ1) is 15.6. The van der Waals surface area contributed by atoms with E-state index in [1.54, 1.807) is 0 Å². The summed E-state index contributed by atoms with van der Waals surface area (Å²) in [6.07, 6.45) is 2.64. The van der Waals surface area contributed by atoms with E-state index in [9.17, 15) is 0 Å². The quantitative estimate of drug-likeness (QED) is 0.621. The summed E-state index contributed by atoms with van der Waals surface area (Å²) in [5, 5.41) is 0. The molecule has 1 aliphatic heterocycles. The minimum atomic E-state index is 0. The van der Waals surface area contributed by atoms with E-state index in [2.05, 4.69) is 27.2 Å². The molecule has 0 amide bonds. The Bertz CT molecular complexity index is 98.1. The molecule has 3 heteroatoms. The van der Waals surface area contributed by atoms with E-state index in [1.165, 1.54) is 0 Å². The van der Waals surface area contributed by atoms with E-state index in [1.807, 2.05) is 0 Å². The average molecular weight is 305 g/mol. The topological polar surface area (TPSA) is 9.23 Å². The normalized spacial score (nSPS) is 36.8. The van der Waals surface area contributed by atoms with Gasteiger partial charge in [-0.1, -0.05) is 26.9 Å². The zero-order valence-corrected chi connectivity index (χ0v) is 13.3. The van der Waals surface area contributed by atoms with Gasteiger partial charge in [-0.25, -0.2) is 0 Å². The molecule has 1 aliphatic rings. The Morgan fingerprint density at radius 2 is 1.73 bits per heavy atom. The summed E-state index contributed by atoms with van der Waals surface area (Å²) in [6, 6.07) is 0. The van der Waals surface area contributed by atoms with Crippen molar-refractivity contribution in [1.82, 2.24) is 0 Å². The molecule has 11 heavy (non-hydrogen) atoms. The maximum atomic E-state index is 5.40. The molecule has 0 bridgehead atoms. The first-order chi connectivity index (χ1) is 4.20. The Morgan fingerprint density at radius 1 is 1.18 bits per heavy atom. The van der Waals surface area contributed by atoms with E-state index in [0.717, 1.165) is 12.5 Å². The molecule has 0 aromatic heterocycles. The summed E-state index contributed by atoms with van der Waals surface area (Å²) < 4.78 is 5.40. The van der Waals surface area contributed by atoms with Crippen molar-refractivity contribution in [2.75, 3.05) is 6.61 Å². The second kappa shape index (κ2) is 7.56. The number of rotatable bonds is 0. The summed E-state index contributed by atoms with van der Waals surface area (Å²) in [5.74, 6) is 1.44. The van der Waals surface area contributed by atoms with Crippen molar-refractivity contribution in [2.24, 2.45) is 11.8 Å². The van der Waals surface area contributed by atoms with Crippen molar-refractivity contribution in [3.63, 3.8) is 0 Å². The van der Waals surface area contributed by atoms with E-state index in [4.69, 9.17) is 4.74 Å². The van der Waals surface area contributed by atoms with Gasteiger partial charge in [0.1, 0.15) is 0 Å². The van der Waals surface area contributed by atoms with Crippen LogP contribution in [0.25, 0.3) is 0 Å². The fraction of sp³-hybridized carbons (Fsp3) is 0.875. The summed E-state index contributed by atoms with van der Waals surface area (Å²) in [5.41, 5.74) is 0. The van der Waals surface area contributed by atoms with Crippen LogP contribution in [-0.2, 0) is 70.2 Å². The molecule has 1 fully saturated rings. The van der Waals surface area contributed by atoms with Gasteiger partial charge in [0.05, 0.1) is 0 Å². The maximum absolute atomic E-state index is 5.40. The van der Waals surface area contributed by atoms with Crippen molar-refractivity contribution in [1.29, 1.82) is 0 Å². The van der Waals surface area contributed by atoms with Crippen molar-refractivity contribution in [2.45, 2.75) is 26.9 Å². The number of hydrogen-bond acceptors (Lipinski definition) is 1. The molecular formula is C8H15OY2-. The second-order valence-electron chi connectivity index (χ2n) is 3.07. The van der Waals surface area contributed by atoms with E-state index >= 15 is 0 Å². The van der Waals surface area contributed by atoms with Gasteiger partial charge in [0.25, 0.3) is 0 Å². The van der Waals surface area contributed by atoms with Crippen molar-refractivity contribution < 1.29 is 70.2 Å². The van der Waals surface area contributed by atoms with E-state index in [-0.39, 0.29) is 65.4 Å². The SMILES string of the molecule is CC1[CH-][C@H](C)OCC1C.[Y].[Y]. The summed E-state index contributed by atoms with van der Waals surface area (Å²) in [7, 11) is 0. The van der Waals surface area contributed by atoms with Gasteiger partial charge < -0.3 is 4.74 Å². The third-order valence-electron chi connectivity index (χ3n) is 2.09. The molecule has 0 aromatic rings. The maximum Gasteiger partial charge on any atom is 0.0437 e. The van der Waals surface area contributed by atoms with Crippen LogP contribution in [0.15, 0.2) is 0 Å². The van der Waals surface area contributed by atoms with Gasteiger partial charge in [-0.2, -0.15) is 5.92 Å². The van der Waals surface area contributed by atoms with Gasteiger partial charge in [-0.15, -0.1) is 0 Å². The molecule has 0 N–H and O–H groups in total. The van der Waals surface area contributed by atoms with Gasteiger partial charge in [0.2, 0.25) is 0 Å². The fourth-order valence-corrected chi connectivity index (χ4v) is 1.13. The third-order valence-corrected chi connectivity index (χ3v) is 2.09. The predicted molar refractivity (Wildman–Crippen MR) is 38.0 cm³/mol. The van der Waals surface area contributed by atoms with Crippen LogP contribution >= 0.6 is 0 Å². The van der Waals surface area contributed by atoms with Crippen molar-refractivity contribution in [3.05, 3.63) is 6.42 Å². The second-order valence-corrected chi connectivity index (χ2v) is 3.07. The van der Waals surface area contributed by atoms with Crippen molar-refractivity contribution >= 4 is 0 Å². The van der Waals surface area contributed by atoms with Crippen LogP contribution in [0.3, 0.4) is 0 Å². The Balaban J connectivity index is 0. The van der Waals surface area contributed by atoms with Crippen LogP contribution in [0.1, 0.15) is 20.8 Å². The van der Waals surface area contributed by atoms with Gasteiger partial charge in [-0.05, 0) is 5.92 Å². The molecule has 0 aliphatic carbocycles. The Morgan fingerprint density at radius 3 is 2.09 bits per heavy atom. The Kier molecular flexibility index (Phi) is 10.7. The number of ether oxygens (including phenoxy) is 1. The van der Waals surface area contributed by atoms with Gasteiger partial charge in [0, 0.05) is 72.0 Å². The minimum absolute atomic E-state index is 0. The molecule has 1 rings (SSSR count). The van der Waals surface area contributed by atoms with Crippen LogP contribution in [0, 0.1) is 18.3 Å². The first-order valence-electron chi connectivity index (χ1n) is 3.66. The first-order valence-corrected chi connectivity index (χ1v) is 3.66. The summed E-state index contributed by atoms with van der Waals surface area (Å²) in [4.78, 5) is 0. The molecule has 0 aromatic carbocycles. The van der Waals surface area contributed by atoms with Crippen LogP contribution in [-0.4, -0.2) is 12.7 Å². The van der Waals surface area contributed by atoms with Crippen molar-refractivity contribution in [3.8, 4) is 0 Å². The van der Waals surface area contributed by atoms with Crippen LogP contribution in [0.4, 0.5) is 0 Å². The van der Waals surface area contributed by atoms with Gasteiger partial charge in [0.15, 0.2) is 0 Å². The molecule has 60 valence electrons. The van der Waals surface area contributed by atoms with E-state index in [0.29, 0.717) is 12.0 Å². The fourth-order valence-electron chi connectivity index (χ4n) is 1.13. The van der Waals surface area contributed by atoms with E-state index < -0.39 is 0 Å². The van der Waals surface area contributed by atoms with Crippen LogP contribution in [0.2, 0.25) is 0 Å². The molecule has 0 spiro atoms. The van der Waals surface area contributed by atoms with Gasteiger partial charge >= 0.3 is 0 Å². The number of hydrogen-bond donors (Lipinski definition) is 0. The molecule has 2 unspecified atom stereocenters. The molecule has 0 saturated carbocycles. The van der Waals surface area contributed by atoms with Crippen LogP contribution < -0.4 is 0 Å². The molecule has 1 saturated heterocycles. The minimum Gasteiger partial charge on any atom is -0.410 e. The zero-order valence-electron chi connectivity index (χ0n) is 7.58. The monoisotopic (exact) mass is 305 g/mol. The van der Waals surface area contributed by atoms with Gasteiger partial charge in [-0.3, -0.25) is 6.42 Å². The summed E-state index contributed by atoms with van der Waals surface area (Å²) in [6.45, 7) is 7.51. The Hall–Kier alpha value is 2.17. The van der Waals surface area contributed by atoms with Crippen LogP contribution in [0.5, 0.6) is 0 Å². The smallest absolute Gasteiger partial charge is 0.0437 e. The molecule has 1 heterocycles. The average Bonchev–Trinajstić information content (AvgIpc) is 1.80. The molecule has 2 radical (unpaired) electrons. The standard InChI is InChI=1S/C8H15O.2Y/c1-6-4-8(3)9-5-7(6)2;;/h4,6-8H,5H2,1-3H3;;/q-1;;/t6?,7?,8-;;/m0../s1. The summed E-state index contributed by atoms with van der Waals surface area (Å²) >= 11 is 0. The largest absolute Gasteiger partial charge is 0.410 e. The third kappa shape index (κ3) is 5.47. The molecular weight excluding hydrogens is 290 g/mol. The zero-order chi connectivity index (χ0) is 6.85. The predicted octanol–water partition coefficient (Wildman–Crippen LogP) is 1.88. The molecule has 3 atom stereocenters.